The van der Waals surface area contributed by atoms with Crippen molar-refractivity contribution >= 4 is 35.0 Å². The van der Waals surface area contributed by atoms with Crippen LogP contribution in [-0.4, -0.2) is 32.9 Å². The van der Waals surface area contributed by atoms with Crippen LogP contribution in [0.1, 0.15) is 38.8 Å². The Kier molecular flexibility index (Phi) is 7.97. The Morgan fingerprint density at radius 3 is 2.42 bits per heavy atom. The lowest BCUT2D eigenvalue weighted by atomic mass is 10.1. The zero-order valence-electron chi connectivity index (χ0n) is 20.0. The minimum Gasteiger partial charge on any atom is -0.348 e. The van der Waals surface area contributed by atoms with E-state index in [1.54, 1.807) is 48.8 Å². The van der Waals surface area contributed by atoms with Crippen LogP contribution >= 0.6 is 11.8 Å². The summed E-state index contributed by atoms with van der Waals surface area (Å²) in [5, 5.41) is 6.41. The van der Waals surface area contributed by atoms with Gasteiger partial charge < -0.3 is 10.6 Å². The molecule has 7 nitrogen and oxygen atoms in total. The highest BCUT2D eigenvalue weighted by atomic mass is 32.2. The van der Waals surface area contributed by atoms with Crippen molar-refractivity contribution in [3.8, 4) is 5.69 Å². The van der Waals surface area contributed by atoms with E-state index in [1.807, 2.05) is 47.9 Å². The first-order valence-corrected chi connectivity index (χ1v) is 12.4. The molecule has 8 heteroatoms. The van der Waals surface area contributed by atoms with Crippen LogP contribution < -0.4 is 10.6 Å². The molecule has 0 aliphatic rings. The molecule has 4 rings (SSSR count). The Hall–Kier alpha value is -4.17. The molecule has 0 spiro atoms. The van der Waals surface area contributed by atoms with Crippen molar-refractivity contribution in [1.29, 1.82) is 0 Å². The number of carbonyl (C=O) groups is 3. The highest BCUT2D eigenvalue weighted by Gasteiger charge is 2.12. The molecule has 0 radical (unpaired) electrons. The average Bonchev–Trinajstić information content (AvgIpc) is 3.36. The van der Waals surface area contributed by atoms with Gasteiger partial charge in [-0.3, -0.25) is 19.0 Å². The minimum absolute atomic E-state index is 0.0249. The smallest absolute Gasteiger partial charge is 0.251 e. The van der Waals surface area contributed by atoms with Gasteiger partial charge in [0.25, 0.3) is 5.91 Å². The van der Waals surface area contributed by atoms with Crippen LogP contribution in [0.2, 0.25) is 0 Å². The molecule has 3 aromatic carbocycles. The average molecular weight is 499 g/mol. The Balaban J connectivity index is 1.37. The first-order valence-electron chi connectivity index (χ1n) is 11.4. The van der Waals surface area contributed by atoms with Crippen molar-refractivity contribution in [2.45, 2.75) is 25.5 Å². The van der Waals surface area contributed by atoms with Crippen LogP contribution in [0.15, 0.2) is 90.3 Å². The second-order valence-electron chi connectivity index (χ2n) is 8.27. The molecule has 1 heterocycles. The Labute approximate surface area is 214 Å². The number of carbonyl (C=O) groups excluding carboxylic acids is 3. The van der Waals surface area contributed by atoms with E-state index in [-0.39, 0.29) is 23.4 Å². The molecule has 182 valence electrons. The topological polar surface area (TPSA) is 93.1 Å². The van der Waals surface area contributed by atoms with E-state index < -0.39 is 0 Å². The summed E-state index contributed by atoms with van der Waals surface area (Å²) in [4.78, 5) is 40.9. The van der Waals surface area contributed by atoms with E-state index in [4.69, 9.17) is 0 Å². The number of nitrogens with zero attached hydrogens (tertiary/aromatic N) is 2. The summed E-state index contributed by atoms with van der Waals surface area (Å²) in [5.74, 6) is -0.221. The fourth-order valence-corrected chi connectivity index (χ4v) is 4.27. The van der Waals surface area contributed by atoms with Gasteiger partial charge >= 0.3 is 0 Å². The quantitative estimate of drug-likeness (QED) is 0.249. The van der Waals surface area contributed by atoms with E-state index in [9.17, 15) is 14.4 Å². The lowest BCUT2D eigenvalue weighted by Gasteiger charge is -2.10. The summed E-state index contributed by atoms with van der Waals surface area (Å²) in [6.07, 6.45) is 3.45. The molecule has 0 atom stereocenters. The van der Waals surface area contributed by atoms with Crippen LogP contribution in [0.25, 0.3) is 5.69 Å². The third-order valence-corrected chi connectivity index (χ3v) is 6.44. The third kappa shape index (κ3) is 6.49. The number of rotatable bonds is 9. The lowest BCUT2D eigenvalue weighted by Crippen LogP contribution is -2.22. The SMILES string of the molecule is CC(=O)c1ccc(NC(=O)CSc2nccn2-c2cccc(C(=O)NCc3ccc(C)cc3)c2)cc1. The van der Waals surface area contributed by atoms with Crippen molar-refractivity contribution in [3.05, 3.63) is 107 Å². The number of anilines is 1. The molecule has 36 heavy (non-hydrogen) atoms. The molecular weight excluding hydrogens is 472 g/mol. The predicted molar refractivity (Wildman–Crippen MR) is 142 cm³/mol. The summed E-state index contributed by atoms with van der Waals surface area (Å²) in [5.41, 5.74) is 4.74. The van der Waals surface area contributed by atoms with E-state index in [0.29, 0.717) is 28.5 Å². The summed E-state index contributed by atoms with van der Waals surface area (Å²) in [6.45, 7) is 3.97. The minimum atomic E-state index is -0.186. The summed E-state index contributed by atoms with van der Waals surface area (Å²) >= 11 is 1.29. The van der Waals surface area contributed by atoms with E-state index in [0.717, 1.165) is 11.3 Å². The van der Waals surface area contributed by atoms with Crippen LogP contribution in [0.5, 0.6) is 0 Å². The number of Topliss-reactive ketones (excluding diaryl/α,β-unsaturated/α-hetero) is 1. The maximum Gasteiger partial charge on any atom is 0.251 e. The number of imidazole rings is 1. The molecule has 0 aliphatic heterocycles. The third-order valence-electron chi connectivity index (χ3n) is 5.47. The Morgan fingerprint density at radius 2 is 1.69 bits per heavy atom. The van der Waals surface area contributed by atoms with Crippen LogP contribution in [0, 0.1) is 6.92 Å². The molecule has 0 saturated heterocycles. The zero-order valence-corrected chi connectivity index (χ0v) is 20.8. The van der Waals surface area contributed by atoms with Gasteiger partial charge in [-0.2, -0.15) is 0 Å². The van der Waals surface area contributed by atoms with Crippen molar-refractivity contribution in [2.24, 2.45) is 0 Å². The molecule has 1 aromatic heterocycles. The maximum atomic E-state index is 12.7. The van der Waals surface area contributed by atoms with Gasteiger partial charge in [0.2, 0.25) is 5.91 Å². The van der Waals surface area contributed by atoms with Gasteiger partial charge in [0.05, 0.1) is 5.75 Å². The van der Waals surface area contributed by atoms with Crippen LogP contribution in [0.3, 0.4) is 0 Å². The zero-order chi connectivity index (χ0) is 25.5. The highest BCUT2D eigenvalue weighted by Crippen LogP contribution is 2.22. The molecular formula is C28H26N4O3S. The predicted octanol–water partition coefficient (Wildman–Crippen LogP) is 5.04. The lowest BCUT2D eigenvalue weighted by molar-refractivity contribution is -0.113. The van der Waals surface area contributed by atoms with Gasteiger partial charge in [0, 0.05) is 41.4 Å². The normalized spacial score (nSPS) is 10.6. The first kappa shape index (κ1) is 24.9. The second-order valence-corrected chi connectivity index (χ2v) is 9.21. The highest BCUT2D eigenvalue weighted by molar-refractivity contribution is 7.99. The fourth-order valence-electron chi connectivity index (χ4n) is 3.50. The number of ketones is 1. The van der Waals surface area contributed by atoms with Gasteiger partial charge in [-0.05, 0) is 61.9 Å². The largest absolute Gasteiger partial charge is 0.348 e. The first-order chi connectivity index (χ1) is 17.4. The molecule has 0 fully saturated rings. The van der Waals surface area contributed by atoms with Crippen molar-refractivity contribution in [2.75, 3.05) is 11.1 Å². The monoisotopic (exact) mass is 498 g/mol. The van der Waals surface area contributed by atoms with E-state index >= 15 is 0 Å². The summed E-state index contributed by atoms with van der Waals surface area (Å²) < 4.78 is 1.84. The van der Waals surface area contributed by atoms with Gasteiger partial charge in [0.15, 0.2) is 10.9 Å². The van der Waals surface area contributed by atoms with Crippen molar-refractivity contribution < 1.29 is 14.4 Å². The van der Waals surface area contributed by atoms with Crippen LogP contribution in [-0.2, 0) is 11.3 Å². The van der Waals surface area contributed by atoms with Gasteiger partial charge in [-0.25, -0.2) is 4.98 Å². The molecule has 0 aliphatic carbocycles. The summed E-state index contributed by atoms with van der Waals surface area (Å²) in [6, 6.07) is 22.1. The Morgan fingerprint density at radius 1 is 0.944 bits per heavy atom. The van der Waals surface area contributed by atoms with Gasteiger partial charge in [0.1, 0.15) is 0 Å². The number of aryl methyl sites for hydroxylation is 1. The summed E-state index contributed by atoms with van der Waals surface area (Å²) in [7, 11) is 0. The molecule has 0 saturated carbocycles. The standard InChI is InChI=1S/C28H26N4O3S/c1-19-6-8-21(9-7-19)17-30-27(35)23-4-3-5-25(16-23)32-15-14-29-28(32)36-18-26(34)31-24-12-10-22(11-13-24)20(2)33/h3-16H,17-18H2,1-2H3,(H,30,35)(H,31,34). The van der Waals surface area contributed by atoms with E-state index in [1.165, 1.54) is 24.2 Å². The number of hydrogen-bond acceptors (Lipinski definition) is 5. The molecule has 0 unspecified atom stereocenters. The number of amides is 2. The van der Waals surface area contributed by atoms with Gasteiger partial charge in [-0.1, -0.05) is 47.7 Å². The maximum absolute atomic E-state index is 12.7. The van der Waals surface area contributed by atoms with E-state index in [2.05, 4.69) is 15.6 Å². The van der Waals surface area contributed by atoms with Crippen molar-refractivity contribution in [3.63, 3.8) is 0 Å². The van der Waals surface area contributed by atoms with Gasteiger partial charge in [-0.15, -0.1) is 0 Å². The number of hydrogen-bond donors (Lipinski definition) is 2. The van der Waals surface area contributed by atoms with Crippen LogP contribution in [0.4, 0.5) is 5.69 Å². The number of thioether (sulfide) groups is 1. The number of benzene rings is 3. The Bertz CT molecular complexity index is 1380. The fraction of sp³-hybridized carbons (Fsp3) is 0.143. The van der Waals surface area contributed by atoms with Crippen molar-refractivity contribution in [1.82, 2.24) is 14.9 Å². The molecule has 0 bridgehead atoms. The number of aromatic nitrogens is 2. The number of nitrogens with one attached hydrogen (secondary N) is 2. The molecule has 2 N–H and O–H groups in total. The molecule has 2 amide bonds. The molecule has 4 aromatic rings. The second kappa shape index (κ2) is 11.5.